The number of hydrogen-bond donors (Lipinski definition) is 2. The van der Waals surface area contributed by atoms with Crippen LogP contribution in [-0.2, 0) is 0 Å². The van der Waals surface area contributed by atoms with Gasteiger partial charge in [0.2, 0.25) is 0 Å². The molecule has 0 radical (unpaired) electrons. The van der Waals surface area contributed by atoms with E-state index in [1.54, 1.807) is 18.5 Å². The van der Waals surface area contributed by atoms with E-state index in [-0.39, 0.29) is 6.04 Å². The van der Waals surface area contributed by atoms with Crippen LogP contribution >= 0.6 is 11.8 Å². The summed E-state index contributed by atoms with van der Waals surface area (Å²) < 4.78 is 0. The fourth-order valence-electron chi connectivity index (χ4n) is 2.10. The Labute approximate surface area is 128 Å². The fourth-order valence-corrected chi connectivity index (χ4v) is 2.92. The van der Waals surface area contributed by atoms with Gasteiger partial charge >= 0.3 is 5.97 Å². The van der Waals surface area contributed by atoms with Gasteiger partial charge in [-0.1, -0.05) is 19.1 Å². The molecule has 21 heavy (non-hydrogen) atoms. The number of pyridine rings is 1. The lowest BCUT2D eigenvalue weighted by Crippen LogP contribution is -2.11. The lowest BCUT2D eigenvalue weighted by molar-refractivity contribution is 0.0694. The van der Waals surface area contributed by atoms with Gasteiger partial charge in [-0.3, -0.25) is 4.98 Å². The standard InChI is InChI=1S/C16H18N2O2S/c1-3-21-14-8-4-7-13(15(14)16(19)20)18-11(2)12-6-5-9-17-10-12/h4-11,18H,3H2,1-2H3,(H,19,20). The molecule has 0 saturated carbocycles. The third-order valence-corrected chi connectivity index (χ3v) is 4.04. The monoisotopic (exact) mass is 302 g/mol. The first-order chi connectivity index (χ1) is 10.1. The topological polar surface area (TPSA) is 62.2 Å². The average Bonchev–Trinajstić information content (AvgIpc) is 2.48. The second kappa shape index (κ2) is 7.13. The number of carbonyl (C=O) groups is 1. The van der Waals surface area contributed by atoms with Crippen molar-refractivity contribution < 1.29 is 9.90 Å². The molecule has 2 N–H and O–H groups in total. The van der Waals surface area contributed by atoms with Crippen LogP contribution in [0.1, 0.15) is 35.8 Å². The van der Waals surface area contributed by atoms with Gasteiger partial charge in [0.05, 0.1) is 17.3 Å². The van der Waals surface area contributed by atoms with Crippen LogP contribution in [0.5, 0.6) is 0 Å². The Morgan fingerprint density at radius 1 is 1.38 bits per heavy atom. The predicted octanol–water partition coefficient (Wildman–Crippen LogP) is 4.06. The van der Waals surface area contributed by atoms with Crippen LogP contribution in [0.2, 0.25) is 0 Å². The van der Waals surface area contributed by atoms with Crippen LogP contribution in [0, 0.1) is 0 Å². The molecule has 2 rings (SSSR count). The van der Waals surface area contributed by atoms with Crippen molar-refractivity contribution in [2.75, 3.05) is 11.1 Å². The number of rotatable bonds is 6. The summed E-state index contributed by atoms with van der Waals surface area (Å²) in [6, 6.07) is 9.35. The Hall–Kier alpha value is -2.01. The third kappa shape index (κ3) is 3.76. The Kier molecular flexibility index (Phi) is 5.22. The first-order valence-corrected chi connectivity index (χ1v) is 7.77. The van der Waals surface area contributed by atoms with Crippen LogP contribution in [0.4, 0.5) is 5.69 Å². The maximum atomic E-state index is 11.6. The van der Waals surface area contributed by atoms with E-state index < -0.39 is 5.97 Å². The largest absolute Gasteiger partial charge is 0.478 e. The molecule has 0 saturated heterocycles. The predicted molar refractivity (Wildman–Crippen MR) is 86.1 cm³/mol. The number of nitrogens with zero attached hydrogens (tertiary/aromatic N) is 1. The molecule has 0 aliphatic heterocycles. The minimum atomic E-state index is -0.910. The van der Waals surface area contributed by atoms with Gasteiger partial charge in [0.1, 0.15) is 0 Å². The highest BCUT2D eigenvalue weighted by molar-refractivity contribution is 7.99. The Bertz CT molecular complexity index is 617. The lowest BCUT2D eigenvalue weighted by Gasteiger charge is -2.18. The third-order valence-electron chi connectivity index (χ3n) is 3.10. The molecule has 0 bridgehead atoms. The SMILES string of the molecule is CCSc1cccc(NC(C)c2cccnc2)c1C(=O)O. The van der Waals surface area contributed by atoms with Crippen LogP contribution < -0.4 is 5.32 Å². The van der Waals surface area contributed by atoms with Gasteiger partial charge in [-0.25, -0.2) is 4.79 Å². The molecule has 0 fully saturated rings. The summed E-state index contributed by atoms with van der Waals surface area (Å²) in [6.07, 6.45) is 3.50. The summed E-state index contributed by atoms with van der Waals surface area (Å²) in [4.78, 5) is 16.4. The number of aromatic nitrogens is 1. The van der Waals surface area contributed by atoms with Crippen LogP contribution in [-0.4, -0.2) is 21.8 Å². The molecule has 4 nitrogen and oxygen atoms in total. The van der Waals surface area contributed by atoms with Crippen molar-refractivity contribution in [2.24, 2.45) is 0 Å². The van der Waals surface area contributed by atoms with Crippen molar-refractivity contribution >= 4 is 23.4 Å². The highest BCUT2D eigenvalue weighted by Crippen LogP contribution is 2.30. The van der Waals surface area contributed by atoms with E-state index in [9.17, 15) is 9.90 Å². The van der Waals surface area contributed by atoms with E-state index in [0.717, 1.165) is 16.2 Å². The summed E-state index contributed by atoms with van der Waals surface area (Å²) in [5, 5.41) is 12.8. The zero-order valence-electron chi connectivity index (χ0n) is 12.0. The Balaban J connectivity index is 2.31. The molecule has 5 heteroatoms. The van der Waals surface area contributed by atoms with Gasteiger partial charge < -0.3 is 10.4 Å². The minimum absolute atomic E-state index is 0.0151. The Morgan fingerprint density at radius 3 is 2.81 bits per heavy atom. The number of carboxylic acid groups (broad SMARTS) is 1. The molecule has 1 unspecified atom stereocenters. The van der Waals surface area contributed by atoms with Crippen LogP contribution in [0.3, 0.4) is 0 Å². The maximum Gasteiger partial charge on any atom is 0.338 e. The molecule has 1 atom stereocenters. The highest BCUT2D eigenvalue weighted by atomic mass is 32.2. The van der Waals surface area contributed by atoms with Crippen molar-refractivity contribution in [2.45, 2.75) is 24.8 Å². The van der Waals surface area contributed by atoms with Gasteiger partial charge in [-0.05, 0) is 36.4 Å². The number of anilines is 1. The van der Waals surface area contributed by atoms with Crippen molar-refractivity contribution in [3.05, 3.63) is 53.9 Å². The van der Waals surface area contributed by atoms with Gasteiger partial charge in [-0.15, -0.1) is 11.8 Å². The van der Waals surface area contributed by atoms with E-state index in [1.165, 1.54) is 11.8 Å². The molecular formula is C16H18N2O2S. The molecular weight excluding hydrogens is 284 g/mol. The smallest absolute Gasteiger partial charge is 0.338 e. The second-order valence-corrected chi connectivity index (χ2v) is 5.88. The summed E-state index contributed by atoms with van der Waals surface area (Å²) in [5.74, 6) is -0.0746. The number of thioether (sulfide) groups is 1. The van der Waals surface area contributed by atoms with Gasteiger partial charge in [-0.2, -0.15) is 0 Å². The lowest BCUT2D eigenvalue weighted by atomic mass is 10.1. The van der Waals surface area contributed by atoms with Crippen LogP contribution in [0.15, 0.2) is 47.6 Å². The molecule has 1 aromatic carbocycles. The summed E-state index contributed by atoms with van der Waals surface area (Å²) in [7, 11) is 0. The number of carboxylic acids is 1. The molecule has 110 valence electrons. The highest BCUT2D eigenvalue weighted by Gasteiger charge is 2.17. The van der Waals surface area contributed by atoms with Crippen molar-refractivity contribution in [3.63, 3.8) is 0 Å². The summed E-state index contributed by atoms with van der Waals surface area (Å²) in [6.45, 7) is 4.00. The van der Waals surface area contributed by atoms with E-state index in [2.05, 4.69) is 10.3 Å². The second-order valence-electron chi connectivity index (χ2n) is 4.57. The maximum absolute atomic E-state index is 11.6. The summed E-state index contributed by atoms with van der Waals surface area (Å²) in [5.41, 5.74) is 1.99. The normalized spacial score (nSPS) is 11.9. The van der Waals surface area contributed by atoms with Gasteiger partial charge in [0.15, 0.2) is 0 Å². The van der Waals surface area contributed by atoms with Gasteiger partial charge in [0.25, 0.3) is 0 Å². The van der Waals surface area contributed by atoms with Crippen molar-refractivity contribution in [1.29, 1.82) is 0 Å². The Morgan fingerprint density at radius 2 is 2.19 bits per heavy atom. The number of aromatic carboxylic acids is 1. The fraction of sp³-hybridized carbons (Fsp3) is 0.250. The van der Waals surface area contributed by atoms with E-state index in [0.29, 0.717) is 11.3 Å². The van der Waals surface area contributed by atoms with E-state index in [1.807, 2.05) is 38.1 Å². The molecule has 0 spiro atoms. The molecule has 1 aromatic heterocycles. The van der Waals surface area contributed by atoms with E-state index >= 15 is 0 Å². The van der Waals surface area contributed by atoms with Gasteiger partial charge in [0, 0.05) is 17.3 Å². The minimum Gasteiger partial charge on any atom is -0.478 e. The van der Waals surface area contributed by atoms with Crippen molar-refractivity contribution in [1.82, 2.24) is 4.98 Å². The molecule has 0 aliphatic carbocycles. The first kappa shape index (κ1) is 15.4. The van der Waals surface area contributed by atoms with Crippen LogP contribution in [0.25, 0.3) is 0 Å². The average molecular weight is 302 g/mol. The number of hydrogen-bond acceptors (Lipinski definition) is 4. The molecule has 0 amide bonds. The molecule has 0 aliphatic rings. The molecule has 2 aromatic rings. The zero-order valence-corrected chi connectivity index (χ0v) is 12.9. The van der Waals surface area contributed by atoms with Crippen molar-refractivity contribution in [3.8, 4) is 0 Å². The zero-order chi connectivity index (χ0) is 15.2. The van der Waals surface area contributed by atoms with E-state index in [4.69, 9.17) is 0 Å². The number of benzene rings is 1. The summed E-state index contributed by atoms with van der Waals surface area (Å²) >= 11 is 1.53. The number of nitrogens with one attached hydrogen (secondary N) is 1. The molecule has 1 heterocycles. The quantitative estimate of drug-likeness (QED) is 0.788. The first-order valence-electron chi connectivity index (χ1n) is 6.79.